The van der Waals surface area contributed by atoms with E-state index in [2.05, 4.69) is 15.5 Å². The molecule has 1 amide bonds. The van der Waals surface area contributed by atoms with Gasteiger partial charge in [-0.1, -0.05) is 24.3 Å². The molecule has 0 unspecified atom stereocenters. The zero-order valence-electron chi connectivity index (χ0n) is 14.1. The van der Waals surface area contributed by atoms with Crippen molar-refractivity contribution in [2.75, 3.05) is 11.9 Å². The Morgan fingerprint density at radius 1 is 1.27 bits per heavy atom. The summed E-state index contributed by atoms with van der Waals surface area (Å²) in [7, 11) is 0. The summed E-state index contributed by atoms with van der Waals surface area (Å²) in [4.78, 5) is 15.7. The second-order valence-electron chi connectivity index (χ2n) is 6.09. The molecule has 0 saturated carbocycles. The molecule has 1 heterocycles. The maximum Gasteiger partial charge on any atom is 0.241 e. The number of hydrogen-bond donors (Lipinski definition) is 2. The first-order chi connectivity index (χ1) is 12.7. The van der Waals surface area contributed by atoms with Gasteiger partial charge < -0.3 is 15.4 Å². The Balaban J connectivity index is 1.47. The maximum atomic E-state index is 12.3. The van der Waals surface area contributed by atoms with Gasteiger partial charge in [0.05, 0.1) is 37.0 Å². The number of ether oxygens (including phenoxy) is 1. The Morgan fingerprint density at radius 3 is 2.65 bits per heavy atom. The summed E-state index contributed by atoms with van der Waals surface area (Å²) in [5, 5.41) is 14.8. The molecule has 1 aliphatic rings. The second-order valence-corrected chi connectivity index (χ2v) is 6.09. The lowest BCUT2D eigenvalue weighted by molar-refractivity contribution is -0.118. The van der Waals surface area contributed by atoms with Gasteiger partial charge in [-0.2, -0.15) is 5.26 Å². The predicted octanol–water partition coefficient (Wildman–Crippen LogP) is 2.99. The number of rotatable bonds is 5. The monoisotopic (exact) mass is 346 g/mol. The van der Waals surface area contributed by atoms with Crippen LogP contribution in [0.1, 0.15) is 17.5 Å². The number of hydrogen-bond acceptors (Lipinski definition) is 4. The van der Waals surface area contributed by atoms with Gasteiger partial charge in [0.25, 0.3) is 0 Å². The van der Waals surface area contributed by atoms with Crippen LogP contribution in [0.15, 0.2) is 48.5 Å². The average Bonchev–Trinajstić information content (AvgIpc) is 3.16. The summed E-state index contributed by atoms with van der Waals surface area (Å²) >= 11 is 0. The van der Waals surface area contributed by atoms with E-state index in [0.29, 0.717) is 36.5 Å². The highest BCUT2D eigenvalue weighted by Gasteiger charge is 2.30. The second kappa shape index (κ2) is 8.26. The molecule has 130 valence electrons. The lowest BCUT2D eigenvalue weighted by Gasteiger charge is -2.12. The summed E-state index contributed by atoms with van der Waals surface area (Å²) in [5.41, 5.74) is 2.83. The quantitative estimate of drug-likeness (QED) is 0.816. The molecular weight excluding hydrogens is 328 g/mol. The molecule has 6 nitrogen and oxygen atoms in total. The summed E-state index contributed by atoms with van der Waals surface area (Å²) in [6, 6.07) is 15.8. The van der Waals surface area contributed by atoms with Crippen molar-refractivity contribution in [3.63, 3.8) is 0 Å². The van der Waals surface area contributed by atoms with Crippen molar-refractivity contribution in [1.82, 2.24) is 5.32 Å². The highest BCUT2D eigenvalue weighted by molar-refractivity contribution is 5.95. The van der Waals surface area contributed by atoms with Gasteiger partial charge in [0, 0.05) is 12.2 Å². The van der Waals surface area contributed by atoms with Gasteiger partial charge in [-0.3, -0.25) is 4.79 Å². The molecule has 6 heteroatoms. The van der Waals surface area contributed by atoms with Crippen LogP contribution in [0.4, 0.5) is 11.4 Å². The summed E-state index contributed by atoms with van der Waals surface area (Å²) < 4.78 is 5.87. The third-order valence-corrected chi connectivity index (χ3v) is 4.24. The molecule has 1 fully saturated rings. The lowest BCUT2D eigenvalue weighted by atomic mass is 10.1. The van der Waals surface area contributed by atoms with E-state index in [1.807, 2.05) is 18.2 Å². The third-order valence-electron chi connectivity index (χ3n) is 4.24. The SMILES string of the molecule is [C-]#[N+]c1ccc(CO[C@@H]2CN[C@@H](C(=O)Nc3ccc(C#N)cc3)C2)cc1. The van der Waals surface area contributed by atoms with Gasteiger partial charge in [0.1, 0.15) is 0 Å². The molecule has 0 radical (unpaired) electrons. The van der Waals surface area contributed by atoms with Gasteiger partial charge in [-0.05, 0) is 36.2 Å². The number of carbonyl (C=O) groups excluding carboxylic acids is 1. The molecule has 1 saturated heterocycles. The van der Waals surface area contributed by atoms with E-state index in [1.165, 1.54) is 0 Å². The zero-order chi connectivity index (χ0) is 18.4. The number of nitrogens with zero attached hydrogens (tertiary/aromatic N) is 2. The average molecular weight is 346 g/mol. The molecule has 0 aromatic heterocycles. The number of benzene rings is 2. The van der Waals surface area contributed by atoms with E-state index < -0.39 is 0 Å². The molecule has 2 aromatic carbocycles. The first kappa shape index (κ1) is 17.6. The Kier molecular flexibility index (Phi) is 5.60. The molecule has 2 atom stereocenters. The van der Waals surface area contributed by atoms with Crippen LogP contribution in [0.5, 0.6) is 0 Å². The molecule has 26 heavy (non-hydrogen) atoms. The van der Waals surface area contributed by atoms with Crippen LogP contribution >= 0.6 is 0 Å². The summed E-state index contributed by atoms with van der Waals surface area (Å²) in [6.07, 6.45) is 0.565. The zero-order valence-corrected chi connectivity index (χ0v) is 14.1. The fourth-order valence-corrected chi connectivity index (χ4v) is 2.77. The van der Waals surface area contributed by atoms with E-state index in [-0.39, 0.29) is 18.1 Å². The van der Waals surface area contributed by atoms with E-state index in [1.54, 1.807) is 36.4 Å². The lowest BCUT2D eigenvalue weighted by Crippen LogP contribution is -2.35. The minimum atomic E-state index is -0.305. The number of carbonyl (C=O) groups is 1. The largest absolute Gasteiger partial charge is 0.372 e. The van der Waals surface area contributed by atoms with Crippen LogP contribution in [-0.2, 0) is 16.1 Å². The van der Waals surface area contributed by atoms with Crippen LogP contribution in [0.25, 0.3) is 4.85 Å². The number of nitrogens with one attached hydrogen (secondary N) is 2. The van der Waals surface area contributed by atoms with Crippen molar-refractivity contribution in [2.24, 2.45) is 0 Å². The van der Waals surface area contributed by atoms with Gasteiger partial charge in [-0.15, -0.1) is 0 Å². The summed E-state index contributed by atoms with van der Waals surface area (Å²) in [6.45, 7) is 8.02. The molecular formula is C20H18N4O2. The van der Waals surface area contributed by atoms with Crippen molar-refractivity contribution < 1.29 is 9.53 Å². The fraction of sp³-hybridized carbons (Fsp3) is 0.250. The van der Waals surface area contributed by atoms with Crippen LogP contribution in [-0.4, -0.2) is 24.6 Å². The standard InChI is InChI=1S/C20H18N4O2/c1-22-16-6-4-15(5-7-16)13-26-18-10-19(23-12-18)20(25)24-17-8-2-14(11-21)3-9-17/h2-9,18-19,23H,10,12-13H2,(H,24,25)/t18-,19+/m0/s1. The van der Waals surface area contributed by atoms with Crippen molar-refractivity contribution >= 4 is 17.3 Å². The maximum absolute atomic E-state index is 12.3. The summed E-state index contributed by atoms with van der Waals surface area (Å²) in [5.74, 6) is -0.109. The van der Waals surface area contributed by atoms with E-state index in [0.717, 1.165) is 5.56 Å². The van der Waals surface area contributed by atoms with Gasteiger partial charge >= 0.3 is 0 Å². The Labute approximate surface area is 152 Å². The molecule has 3 rings (SSSR count). The van der Waals surface area contributed by atoms with Crippen molar-refractivity contribution in [2.45, 2.75) is 25.2 Å². The number of anilines is 1. The molecule has 0 bridgehead atoms. The first-order valence-electron chi connectivity index (χ1n) is 8.30. The Hall–Kier alpha value is -3.19. The van der Waals surface area contributed by atoms with Crippen LogP contribution in [0.2, 0.25) is 0 Å². The minimum absolute atomic E-state index is 0.0349. The minimum Gasteiger partial charge on any atom is -0.372 e. The molecule has 0 aliphatic carbocycles. The van der Waals surface area contributed by atoms with E-state index in [9.17, 15) is 4.79 Å². The third kappa shape index (κ3) is 4.46. The Bertz CT molecular complexity index is 847. The van der Waals surface area contributed by atoms with Crippen molar-refractivity contribution in [3.8, 4) is 6.07 Å². The highest BCUT2D eigenvalue weighted by atomic mass is 16.5. The first-order valence-corrected chi connectivity index (χ1v) is 8.30. The number of amides is 1. The smallest absolute Gasteiger partial charge is 0.241 e. The van der Waals surface area contributed by atoms with Crippen molar-refractivity contribution in [1.29, 1.82) is 5.26 Å². The predicted molar refractivity (Wildman–Crippen MR) is 97.5 cm³/mol. The van der Waals surface area contributed by atoms with E-state index >= 15 is 0 Å². The van der Waals surface area contributed by atoms with Crippen LogP contribution in [0.3, 0.4) is 0 Å². The molecule has 1 aliphatic heterocycles. The molecule has 0 spiro atoms. The van der Waals surface area contributed by atoms with Gasteiger partial charge in [-0.25, -0.2) is 4.85 Å². The normalized spacial score (nSPS) is 18.7. The Morgan fingerprint density at radius 2 is 2.00 bits per heavy atom. The van der Waals surface area contributed by atoms with Crippen LogP contribution in [0, 0.1) is 17.9 Å². The van der Waals surface area contributed by atoms with Crippen LogP contribution < -0.4 is 10.6 Å². The van der Waals surface area contributed by atoms with Crippen molar-refractivity contribution in [3.05, 3.63) is 71.1 Å². The number of nitriles is 1. The van der Waals surface area contributed by atoms with Gasteiger partial charge in [0.2, 0.25) is 5.91 Å². The fourth-order valence-electron chi connectivity index (χ4n) is 2.77. The molecule has 2 N–H and O–H groups in total. The highest BCUT2D eigenvalue weighted by Crippen LogP contribution is 2.17. The molecule has 2 aromatic rings. The topological polar surface area (TPSA) is 78.5 Å². The van der Waals surface area contributed by atoms with E-state index in [4.69, 9.17) is 16.6 Å². The van der Waals surface area contributed by atoms with Gasteiger partial charge in [0.15, 0.2) is 5.69 Å².